The topological polar surface area (TPSA) is 55.3 Å². The van der Waals surface area contributed by atoms with E-state index in [9.17, 15) is 0 Å². The normalized spacial score (nSPS) is 13.3. The van der Waals surface area contributed by atoms with Crippen LogP contribution in [-0.2, 0) is 5.41 Å². The first-order valence-electron chi connectivity index (χ1n) is 18.7. The van der Waals surface area contributed by atoms with Crippen molar-refractivity contribution in [2.45, 2.75) is 5.41 Å². The first-order chi connectivity index (χ1) is 27.7. The predicted octanol–water partition coefficient (Wildman–Crippen LogP) is 12.7. The second-order valence-electron chi connectivity index (χ2n) is 14.4. The summed E-state index contributed by atoms with van der Waals surface area (Å²) in [6, 6.07) is 68.3. The van der Waals surface area contributed by atoms with Crippen LogP contribution < -0.4 is 4.90 Å². The molecule has 2 aliphatic rings. The van der Waals surface area contributed by atoms with Gasteiger partial charge in [-0.15, -0.1) is 0 Å². The lowest BCUT2D eigenvalue weighted by Gasteiger charge is -2.45. The number of anilines is 3. The fourth-order valence-corrected chi connectivity index (χ4v) is 9.03. The van der Waals surface area contributed by atoms with E-state index in [1.54, 1.807) is 0 Å². The third kappa shape index (κ3) is 4.32. The lowest BCUT2D eigenvalue weighted by atomic mass is 9.64. The Morgan fingerprint density at radius 1 is 0.464 bits per heavy atom. The van der Waals surface area contributed by atoms with Gasteiger partial charge in [0.2, 0.25) is 11.8 Å². The van der Waals surface area contributed by atoms with Gasteiger partial charge in [0.1, 0.15) is 11.0 Å². The number of aromatic nitrogens is 2. The summed E-state index contributed by atoms with van der Waals surface area (Å²) >= 11 is 0. The first-order valence-corrected chi connectivity index (χ1v) is 18.7. The van der Waals surface area contributed by atoms with E-state index in [0.29, 0.717) is 11.8 Å². The highest BCUT2D eigenvalue weighted by Gasteiger charge is 2.51. The molecule has 2 aromatic heterocycles. The zero-order chi connectivity index (χ0) is 36.8. The van der Waals surface area contributed by atoms with Crippen LogP contribution in [0.25, 0.3) is 67.4 Å². The largest absolute Gasteiger partial charge is 0.436 e. The molecule has 5 heteroatoms. The maximum Gasteiger partial charge on any atom is 0.227 e. The van der Waals surface area contributed by atoms with Crippen LogP contribution in [-0.4, -0.2) is 9.97 Å². The van der Waals surface area contributed by atoms with Gasteiger partial charge < -0.3 is 13.7 Å². The van der Waals surface area contributed by atoms with Gasteiger partial charge in [-0.3, -0.25) is 0 Å². The van der Waals surface area contributed by atoms with Crippen LogP contribution in [0.15, 0.2) is 185 Å². The molecule has 1 spiro atoms. The number of hydrogen-bond donors (Lipinski definition) is 0. The molecule has 0 amide bonds. The Morgan fingerprint density at radius 2 is 1.07 bits per heavy atom. The van der Waals surface area contributed by atoms with Crippen LogP contribution in [0, 0.1) is 12.1 Å². The minimum Gasteiger partial charge on any atom is -0.436 e. The van der Waals surface area contributed by atoms with Gasteiger partial charge in [-0.2, -0.15) is 0 Å². The highest BCUT2D eigenvalue weighted by atomic mass is 16.4. The molecule has 3 heterocycles. The summed E-state index contributed by atoms with van der Waals surface area (Å²) in [6.07, 6.45) is 0. The summed E-state index contributed by atoms with van der Waals surface area (Å²) in [5.41, 5.74) is 16.6. The number of fused-ring (bicyclic) bond motifs is 11. The van der Waals surface area contributed by atoms with Gasteiger partial charge in [0.15, 0.2) is 11.2 Å². The Labute approximate surface area is 322 Å². The van der Waals surface area contributed by atoms with Crippen LogP contribution in [0.2, 0.25) is 0 Å². The minimum atomic E-state index is -0.619. The molecule has 0 saturated carbocycles. The smallest absolute Gasteiger partial charge is 0.227 e. The van der Waals surface area contributed by atoms with Crippen LogP contribution in [0.1, 0.15) is 22.3 Å². The molecule has 0 bridgehead atoms. The third-order valence-corrected chi connectivity index (χ3v) is 11.4. The van der Waals surface area contributed by atoms with E-state index in [1.165, 1.54) is 27.8 Å². The molecule has 12 rings (SSSR count). The van der Waals surface area contributed by atoms with Crippen molar-refractivity contribution >= 4 is 39.3 Å². The van der Waals surface area contributed by atoms with E-state index in [-0.39, 0.29) is 0 Å². The van der Waals surface area contributed by atoms with E-state index in [1.807, 2.05) is 54.6 Å². The summed E-state index contributed by atoms with van der Waals surface area (Å²) in [6.45, 7) is 0. The van der Waals surface area contributed by atoms with Crippen molar-refractivity contribution in [3.63, 3.8) is 0 Å². The van der Waals surface area contributed by atoms with Gasteiger partial charge in [-0.25, -0.2) is 9.97 Å². The number of para-hydroxylation sites is 6. The average Bonchev–Trinajstić information content (AvgIpc) is 3.98. The third-order valence-electron chi connectivity index (χ3n) is 11.4. The van der Waals surface area contributed by atoms with E-state index < -0.39 is 5.41 Å². The standard InChI is InChI=1S/C51H29N3O2/c1-2-14-36(15-3-1)54-45-23-11-8-20-41(45)51(39-18-6-4-16-37(39)38-17-5-7-19-40(38)51)42-31-32(26-27-46(42)54)33-28-34(49-52-43-21-9-12-24-47(43)55-49)30-35(29-33)50-53-44-22-10-13-25-48(44)56-50/h1-4,6-16,18-31H. The summed E-state index contributed by atoms with van der Waals surface area (Å²) in [7, 11) is 0. The molecule has 0 fully saturated rings. The zero-order valence-corrected chi connectivity index (χ0v) is 29.9. The molecule has 0 saturated heterocycles. The van der Waals surface area contributed by atoms with Crippen molar-refractivity contribution in [2.24, 2.45) is 0 Å². The summed E-state index contributed by atoms with van der Waals surface area (Å²) in [4.78, 5) is 12.2. The number of oxazole rings is 2. The van der Waals surface area contributed by atoms with E-state index >= 15 is 0 Å². The molecular formula is C51H29N3O2. The molecule has 0 radical (unpaired) electrons. The molecule has 1 atom stereocenters. The average molecular weight is 716 g/mol. The Morgan fingerprint density at radius 3 is 1.80 bits per heavy atom. The second-order valence-corrected chi connectivity index (χ2v) is 14.4. The fourth-order valence-electron chi connectivity index (χ4n) is 9.03. The molecule has 10 aromatic rings. The van der Waals surface area contributed by atoms with Crippen LogP contribution in [0.5, 0.6) is 0 Å². The van der Waals surface area contributed by atoms with Gasteiger partial charge >= 0.3 is 0 Å². The first kappa shape index (κ1) is 30.7. The van der Waals surface area contributed by atoms with Crippen molar-refractivity contribution < 1.29 is 8.83 Å². The van der Waals surface area contributed by atoms with Gasteiger partial charge in [0.25, 0.3) is 0 Å². The number of benzene rings is 7. The molecule has 1 aliphatic carbocycles. The van der Waals surface area contributed by atoms with Gasteiger partial charge in [-0.05, 0) is 124 Å². The highest BCUT2D eigenvalue weighted by molar-refractivity contribution is 5.96. The number of hydrogen-bond acceptors (Lipinski definition) is 5. The second kappa shape index (κ2) is 11.7. The van der Waals surface area contributed by atoms with Crippen LogP contribution in [0.3, 0.4) is 0 Å². The van der Waals surface area contributed by atoms with Gasteiger partial charge in [0, 0.05) is 22.4 Å². The molecule has 1 unspecified atom stereocenters. The Balaban J connectivity index is 1.15. The molecule has 0 N–H and O–H groups in total. The molecule has 8 aromatic carbocycles. The number of rotatable bonds is 4. The quantitative estimate of drug-likeness (QED) is 0.182. The van der Waals surface area contributed by atoms with Crippen LogP contribution >= 0.6 is 0 Å². The predicted molar refractivity (Wildman–Crippen MR) is 221 cm³/mol. The van der Waals surface area contributed by atoms with E-state index in [4.69, 9.17) is 18.8 Å². The maximum atomic E-state index is 6.37. The molecule has 260 valence electrons. The lowest BCUT2D eigenvalue weighted by Crippen LogP contribution is -2.36. The van der Waals surface area contributed by atoms with Crippen molar-refractivity contribution in [1.82, 2.24) is 9.97 Å². The van der Waals surface area contributed by atoms with E-state index in [2.05, 4.69) is 138 Å². The van der Waals surface area contributed by atoms with Crippen LogP contribution in [0.4, 0.5) is 17.1 Å². The summed E-state index contributed by atoms with van der Waals surface area (Å²) in [5, 5.41) is 0. The maximum absolute atomic E-state index is 6.37. The number of nitrogens with zero attached hydrogens (tertiary/aromatic N) is 3. The molecule has 1 aliphatic heterocycles. The summed E-state index contributed by atoms with van der Waals surface area (Å²) in [5.74, 6) is 1.07. The van der Waals surface area contributed by atoms with Crippen molar-refractivity contribution in [3.05, 3.63) is 210 Å². The Bertz CT molecular complexity index is 2970. The van der Waals surface area contributed by atoms with Gasteiger partial charge in [0.05, 0.1) is 16.8 Å². The fraction of sp³-hybridized carbons (Fsp3) is 0.0196. The minimum absolute atomic E-state index is 0.537. The van der Waals surface area contributed by atoms with Crippen molar-refractivity contribution in [3.8, 4) is 45.2 Å². The molecule has 5 nitrogen and oxygen atoms in total. The van der Waals surface area contributed by atoms with Gasteiger partial charge in [-0.1, -0.05) is 103 Å². The highest BCUT2D eigenvalue weighted by Crippen LogP contribution is 2.63. The zero-order valence-electron chi connectivity index (χ0n) is 29.9. The SMILES string of the molecule is c1ccc2c(c#1)-c1ccccc1C21c2ccccc2N(c2ccccc2)c2ccc(-c3cc(-c4nc5ccccc5o4)cc(-c4nc5ccccc5o4)c3)cc21. The summed E-state index contributed by atoms with van der Waals surface area (Å²) < 4.78 is 12.7. The monoisotopic (exact) mass is 715 g/mol. The Hall–Kier alpha value is -7.68. The van der Waals surface area contributed by atoms with Crippen molar-refractivity contribution in [2.75, 3.05) is 4.90 Å². The van der Waals surface area contributed by atoms with Crippen molar-refractivity contribution in [1.29, 1.82) is 0 Å². The Kier molecular flexibility index (Phi) is 6.40. The molecule has 56 heavy (non-hydrogen) atoms. The van der Waals surface area contributed by atoms with E-state index in [0.717, 1.165) is 67.1 Å². The molecular weight excluding hydrogens is 687 g/mol. The lowest BCUT2D eigenvalue weighted by molar-refractivity contribution is 0.617.